The summed E-state index contributed by atoms with van der Waals surface area (Å²) in [5.41, 5.74) is -0.265. The van der Waals surface area contributed by atoms with Gasteiger partial charge in [0.15, 0.2) is 0 Å². The fourth-order valence-electron chi connectivity index (χ4n) is 3.78. The summed E-state index contributed by atoms with van der Waals surface area (Å²) in [6.07, 6.45) is 1.52. The van der Waals surface area contributed by atoms with Gasteiger partial charge in [-0.3, -0.25) is 19.0 Å². The summed E-state index contributed by atoms with van der Waals surface area (Å²) in [5.74, 6) is -4.05. The highest BCUT2D eigenvalue weighted by Crippen LogP contribution is 2.27. The number of aromatic nitrogens is 2. The molecule has 1 saturated heterocycles. The van der Waals surface area contributed by atoms with Crippen LogP contribution in [0.3, 0.4) is 0 Å². The van der Waals surface area contributed by atoms with Crippen molar-refractivity contribution in [1.29, 1.82) is 0 Å². The molecular weight excluding hydrogens is 481 g/mol. The Kier molecular flexibility index (Phi) is 6.78. The van der Waals surface area contributed by atoms with Gasteiger partial charge < -0.3 is 20.6 Å². The number of nitrogens with one attached hydrogen (secondary N) is 2. The summed E-state index contributed by atoms with van der Waals surface area (Å²) in [6, 6.07) is 11.3. The van der Waals surface area contributed by atoms with Gasteiger partial charge in [0.25, 0.3) is 5.56 Å². The summed E-state index contributed by atoms with van der Waals surface area (Å²) in [4.78, 5) is 54.2. The number of anilines is 2. The predicted octanol–water partition coefficient (Wildman–Crippen LogP) is 2.83. The second-order valence-electron chi connectivity index (χ2n) is 7.81. The van der Waals surface area contributed by atoms with Crippen LogP contribution in [0, 0.1) is 17.7 Å². The Morgan fingerprint density at radius 3 is 2.34 bits per heavy atom. The van der Waals surface area contributed by atoms with Gasteiger partial charge in [0.1, 0.15) is 11.6 Å². The van der Waals surface area contributed by atoms with E-state index in [1.165, 1.54) is 47.3 Å². The molecule has 2 atom stereocenters. The molecule has 1 aromatic carbocycles. The third-order valence-corrected chi connectivity index (χ3v) is 5.78. The zero-order valence-electron chi connectivity index (χ0n) is 18.0. The molecule has 4 rings (SSSR count). The van der Waals surface area contributed by atoms with Crippen molar-refractivity contribution in [2.24, 2.45) is 11.8 Å². The Morgan fingerprint density at radius 2 is 1.74 bits per heavy atom. The number of benzene rings is 1. The van der Waals surface area contributed by atoms with Gasteiger partial charge in [0.05, 0.1) is 28.2 Å². The minimum absolute atomic E-state index is 0.171. The molecule has 3 amide bonds. The first-order valence-corrected chi connectivity index (χ1v) is 10.8. The summed E-state index contributed by atoms with van der Waals surface area (Å²) < 4.78 is 16.0. The molecular formula is C23H19ClFN5O5. The maximum atomic E-state index is 14.8. The van der Waals surface area contributed by atoms with E-state index in [1.54, 1.807) is 12.1 Å². The largest absolute Gasteiger partial charge is 0.465 e. The molecule has 1 fully saturated rings. The lowest BCUT2D eigenvalue weighted by molar-refractivity contribution is -0.127. The van der Waals surface area contributed by atoms with Crippen molar-refractivity contribution in [3.63, 3.8) is 0 Å². The highest BCUT2D eigenvalue weighted by Gasteiger charge is 2.44. The normalized spacial score (nSPS) is 17.1. The van der Waals surface area contributed by atoms with Crippen LogP contribution in [0.1, 0.15) is 0 Å². The quantitative estimate of drug-likeness (QED) is 0.494. The summed E-state index contributed by atoms with van der Waals surface area (Å²) in [6.45, 7) is -0.461. The lowest BCUT2D eigenvalue weighted by Gasteiger charge is -2.18. The zero-order valence-corrected chi connectivity index (χ0v) is 18.8. The lowest BCUT2D eigenvalue weighted by atomic mass is 9.94. The molecule has 1 aliphatic heterocycles. The number of pyridine rings is 2. The van der Waals surface area contributed by atoms with Crippen LogP contribution in [-0.2, 0) is 9.59 Å². The molecule has 12 heteroatoms. The van der Waals surface area contributed by atoms with E-state index in [-0.39, 0.29) is 35.8 Å². The Hall–Kier alpha value is -4.25. The minimum atomic E-state index is -1.29. The van der Waals surface area contributed by atoms with Gasteiger partial charge in [-0.25, -0.2) is 14.2 Å². The highest BCUT2D eigenvalue weighted by molar-refractivity contribution is 6.30. The van der Waals surface area contributed by atoms with Crippen molar-refractivity contribution in [3.8, 4) is 5.69 Å². The number of amides is 3. The first-order chi connectivity index (χ1) is 16.7. The number of carbonyl (C=O) groups excluding carboxylic acids is 2. The van der Waals surface area contributed by atoms with Crippen LogP contribution in [0.25, 0.3) is 5.69 Å². The number of rotatable bonds is 5. The van der Waals surface area contributed by atoms with E-state index in [2.05, 4.69) is 15.6 Å². The van der Waals surface area contributed by atoms with Crippen molar-refractivity contribution < 1.29 is 23.9 Å². The molecule has 0 radical (unpaired) electrons. The van der Waals surface area contributed by atoms with Crippen molar-refractivity contribution >= 4 is 41.0 Å². The SMILES string of the molecule is O=C(Nc1ccc(Cl)cn1)[C@H]1CN(C(=O)O)C[C@@H]1C(=O)Nc1ccc(-n2ccccc2=O)cc1F. The van der Waals surface area contributed by atoms with E-state index in [0.29, 0.717) is 5.02 Å². The van der Waals surface area contributed by atoms with Crippen LogP contribution in [-0.4, -0.2) is 50.6 Å². The standard InChI is InChI=1S/C23H19ClFN5O5/c24-13-4-7-19(26-10-13)28-22(33)16-12-29(23(34)35)11-15(16)21(32)27-18-6-5-14(9-17(18)25)30-8-2-1-3-20(30)31/h1-10,15-16H,11-12H2,(H,27,32)(H,34,35)(H,26,28,33)/t15-,16-/m0/s1. The zero-order chi connectivity index (χ0) is 25.1. The first kappa shape index (κ1) is 23.9. The van der Waals surface area contributed by atoms with E-state index < -0.39 is 35.6 Å². The lowest BCUT2D eigenvalue weighted by Crippen LogP contribution is -2.36. The van der Waals surface area contributed by atoms with Crippen molar-refractivity contribution in [1.82, 2.24) is 14.5 Å². The van der Waals surface area contributed by atoms with Gasteiger partial charge in [-0.05, 0) is 30.3 Å². The van der Waals surface area contributed by atoms with E-state index >= 15 is 0 Å². The van der Waals surface area contributed by atoms with Crippen LogP contribution in [0.4, 0.5) is 20.7 Å². The summed E-state index contributed by atoms with van der Waals surface area (Å²) in [5, 5.41) is 14.7. The van der Waals surface area contributed by atoms with E-state index in [4.69, 9.17) is 11.6 Å². The Morgan fingerprint density at radius 1 is 1.03 bits per heavy atom. The third kappa shape index (κ3) is 5.30. The minimum Gasteiger partial charge on any atom is -0.465 e. The third-order valence-electron chi connectivity index (χ3n) is 5.55. The fourth-order valence-corrected chi connectivity index (χ4v) is 3.89. The maximum Gasteiger partial charge on any atom is 0.407 e. The maximum absolute atomic E-state index is 14.8. The van der Waals surface area contributed by atoms with Crippen LogP contribution < -0.4 is 16.2 Å². The number of carboxylic acid groups (broad SMARTS) is 1. The molecule has 0 aliphatic carbocycles. The van der Waals surface area contributed by atoms with Gasteiger partial charge in [-0.2, -0.15) is 0 Å². The van der Waals surface area contributed by atoms with E-state index in [9.17, 15) is 28.7 Å². The topological polar surface area (TPSA) is 134 Å². The predicted molar refractivity (Wildman–Crippen MR) is 125 cm³/mol. The molecule has 0 unspecified atom stereocenters. The molecule has 0 spiro atoms. The second-order valence-corrected chi connectivity index (χ2v) is 8.25. The van der Waals surface area contributed by atoms with Crippen molar-refractivity contribution in [2.75, 3.05) is 23.7 Å². The number of halogens is 2. The van der Waals surface area contributed by atoms with Crippen molar-refractivity contribution in [3.05, 3.63) is 82.1 Å². The molecule has 0 bridgehead atoms. The van der Waals surface area contributed by atoms with Crippen LogP contribution in [0.15, 0.2) is 65.7 Å². The monoisotopic (exact) mass is 499 g/mol. The molecule has 35 heavy (non-hydrogen) atoms. The van der Waals surface area contributed by atoms with Gasteiger partial charge in [-0.15, -0.1) is 0 Å². The number of hydrogen-bond donors (Lipinski definition) is 3. The molecule has 10 nitrogen and oxygen atoms in total. The van der Waals surface area contributed by atoms with Crippen molar-refractivity contribution in [2.45, 2.75) is 0 Å². The average Bonchev–Trinajstić information content (AvgIpc) is 3.29. The summed E-state index contributed by atoms with van der Waals surface area (Å²) >= 11 is 5.79. The number of nitrogens with zero attached hydrogens (tertiary/aromatic N) is 3. The average molecular weight is 500 g/mol. The van der Waals surface area contributed by atoms with E-state index in [1.807, 2.05) is 0 Å². The molecule has 180 valence electrons. The molecule has 1 aliphatic rings. The Labute approximate surface area is 203 Å². The number of carbonyl (C=O) groups is 3. The van der Waals surface area contributed by atoms with Crippen LogP contribution in [0.2, 0.25) is 5.02 Å². The summed E-state index contributed by atoms with van der Waals surface area (Å²) in [7, 11) is 0. The van der Waals surface area contributed by atoms with Gasteiger partial charge in [0, 0.05) is 37.6 Å². The van der Waals surface area contributed by atoms with Gasteiger partial charge in [0.2, 0.25) is 11.8 Å². The molecule has 3 heterocycles. The van der Waals surface area contributed by atoms with Crippen LogP contribution in [0.5, 0.6) is 0 Å². The van der Waals surface area contributed by atoms with Gasteiger partial charge >= 0.3 is 6.09 Å². The smallest absolute Gasteiger partial charge is 0.407 e. The number of likely N-dealkylation sites (tertiary alicyclic amines) is 1. The van der Waals surface area contributed by atoms with E-state index in [0.717, 1.165) is 11.0 Å². The fraction of sp³-hybridized carbons (Fsp3) is 0.174. The Balaban J connectivity index is 1.52. The highest BCUT2D eigenvalue weighted by atomic mass is 35.5. The second kappa shape index (κ2) is 9.94. The van der Waals surface area contributed by atoms with Gasteiger partial charge in [-0.1, -0.05) is 17.7 Å². The molecule has 3 aromatic rings. The molecule has 2 aromatic heterocycles. The number of hydrogen-bond acceptors (Lipinski definition) is 5. The molecule has 0 saturated carbocycles. The molecule has 3 N–H and O–H groups in total. The Bertz CT molecular complexity index is 1350. The first-order valence-electron chi connectivity index (χ1n) is 10.4. The van der Waals surface area contributed by atoms with Crippen LogP contribution >= 0.6 is 11.6 Å².